The molecule has 3 aliphatic rings. The number of carbonyl (C=O) groups excluding carboxylic acids is 2. The van der Waals surface area contributed by atoms with Crippen molar-refractivity contribution in [3.63, 3.8) is 0 Å². The molecule has 1 unspecified atom stereocenters. The Balaban J connectivity index is 1.27. The number of halogens is 2. The fourth-order valence-corrected chi connectivity index (χ4v) is 4.20. The van der Waals surface area contributed by atoms with Crippen LogP contribution in [0.2, 0.25) is 5.02 Å². The number of hydrogen-bond acceptors (Lipinski definition) is 5. The maximum Gasteiger partial charge on any atom is 0.271 e. The molecule has 7 nitrogen and oxygen atoms in total. The van der Waals surface area contributed by atoms with Gasteiger partial charge in [-0.1, -0.05) is 11.6 Å². The van der Waals surface area contributed by atoms with Crippen LogP contribution in [0.1, 0.15) is 35.4 Å². The van der Waals surface area contributed by atoms with Gasteiger partial charge in [0.2, 0.25) is 0 Å². The third-order valence-corrected chi connectivity index (χ3v) is 5.79. The van der Waals surface area contributed by atoms with Gasteiger partial charge in [0.1, 0.15) is 17.3 Å². The molecule has 29 heavy (non-hydrogen) atoms. The molecule has 0 aliphatic heterocycles. The van der Waals surface area contributed by atoms with Crippen molar-refractivity contribution < 1.29 is 18.7 Å². The van der Waals surface area contributed by atoms with E-state index in [1.165, 1.54) is 18.3 Å². The van der Waals surface area contributed by atoms with Crippen molar-refractivity contribution in [3.05, 3.63) is 52.8 Å². The molecule has 2 aromatic rings. The second-order valence-electron chi connectivity index (χ2n) is 7.69. The van der Waals surface area contributed by atoms with Gasteiger partial charge in [0.25, 0.3) is 11.8 Å². The first-order valence-corrected chi connectivity index (χ1v) is 9.70. The van der Waals surface area contributed by atoms with Crippen LogP contribution in [-0.2, 0) is 4.79 Å². The number of carbonyl (C=O) groups is 2. The van der Waals surface area contributed by atoms with Crippen LogP contribution >= 0.6 is 11.6 Å². The van der Waals surface area contributed by atoms with E-state index < -0.39 is 5.82 Å². The van der Waals surface area contributed by atoms with Crippen LogP contribution in [0.25, 0.3) is 0 Å². The van der Waals surface area contributed by atoms with E-state index in [1.807, 2.05) is 0 Å². The van der Waals surface area contributed by atoms with Crippen molar-refractivity contribution >= 4 is 23.4 Å². The predicted molar refractivity (Wildman–Crippen MR) is 103 cm³/mol. The van der Waals surface area contributed by atoms with Crippen LogP contribution in [0.15, 0.2) is 30.6 Å². The lowest BCUT2D eigenvalue weighted by Crippen LogP contribution is -2.52. The summed E-state index contributed by atoms with van der Waals surface area (Å²) in [6, 6.07) is 3.99. The maximum absolute atomic E-state index is 13.4. The van der Waals surface area contributed by atoms with E-state index in [9.17, 15) is 14.0 Å². The van der Waals surface area contributed by atoms with Crippen molar-refractivity contribution in [3.8, 4) is 5.75 Å². The molecule has 3 saturated carbocycles. The molecule has 2 N–H and O–H groups in total. The highest BCUT2D eigenvalue weighted by molar-refractivity contribution is 6.30. The number of nitrogens with one attached hydrogen (secondary N) is 2. The third-order valence-electron chi connectivity index (χ3n) is 5.49. The maximum atomic E-state index is 13.4. The SMILES string of the molecule is Cc1cnc(C(=O)NC23CC(C2)C(NC(=O)COc2ccc(Cl)c(F)c2)C3)cn1. The van der Waals surface area contributed by atoms with Crippen molar-refractivity contribution in [2.45, 2.75) is 37.8 Å². The van der Waals surface area contributed by atoms with Gasteiger partial charge in [0.05, 0.1) is 16.9 Å². The lowest BCUT2D eigenvalue weighted by molar-refractivity contribution is -0.124. The van der Waals surface area contributed by atoms with E-state index in [1.54, 1.807) is 13.1 Å². The highest BCUT2D eigenvalue weighted by Gasteiger charge is 2.57. The number of amides is 2. The van der Waals surface area contributed by atoms with Crippen molar-refractivity contribution in [2.24, 2.45) is 5.92 Å². The van der Waals surface area contributed by atoms with Crippen LogP contribution in [0.3, 0.4) is 0 Å². The minimum atomic E-state index is -0.600. The fraction of sp³-hybridized carbons (Fsp3) is 0.400. The van der Waals surface area contributed by atoms with E-state index in [2.05, 4.69) is 20.6 Å². The number of aromatic nitrogens is 2. The van der Waals surface area contributed by atoms with Crippen LogP contribution < -0.4 is 15.4 Å². The number of aryl methyl sites for hydroxylation is 1. The summed E-state index contributed by atoms with van der Waals surface area (Å²) in [5, 5.41) is 6.00. The van der Waals surface area contributed by atoms with E-state index in [0.717, 1.165) is 24.6 Å². The zero-order valence-corrected chi connectivity index (χ0v) is 16.5. The van der Waals surface area contributed by atoms with Gasteiger partial charge in [-0.15, -0.1) is 0 Å². The monoisotopic (exact) mass is 418 g/mol. The Kier molecular flexibility index (Phi) is 5.12. The average Bonchev–Trinajstić information content (AvgIpc) is 3.16. The van der Waals surface area contributed by atoms with Crippen molar-refractivity contribution in [1.29, 1.82) is 0 Å². The molecule has 0 spiro atoms. The van der Waals surface area contributed by atoms with Gasteiger partial charge in [-0.3, -0.25) is 14.6 Å². The Bertz CT molecular complexity index is 947. The van der Waals surface area contributed by atoms with Gasteiger partial charge >= 0.3 is 0 Å². The molecular formula is C20H20ClFN4O3. The topological polar surface area (TPSA) is 93.2 Å². The van der Waals surface area contributed by atoms with E-state index in [-0.39, 0.29) is 46.5 Å². The number of fused-ring (bicyclic) bond motifs is 1. The van der Waals surface area contributed by atoms with Crippen LogP contribution in [0.4, 0.5) is 4.39 Å². The smallest absolute Gasteiger partial charge is 0.271 e. The minimum absolute atomic E-state index is 0.00324. The molecule has 0 radical (unpaired) electrons. The summed E-state index contributed by atoms with van der Waals surface area (Å²) in [7, 11) is 0. The lowest BCUT2D eigenvalue weighted by Gasteiger charge is -2.38. The molecule has 2 amide bonds. The Labute approximate surface area is 172 Å². The summed E-state index contributed by atoms with van der Waals surface area (Å²) < 4.78 is 18.7. The number of hydrogen-bond donors (Lipinski definition) is 2. The standard InChI is InChI=1S/C20H20ClFN4O3/c1-11-8-24-17(9-23-11)19(28)26-20-5-12(6-20)16(7-20)25-18(27)10-29-13-2-3-14(21)15(22)4-13/h2-4,8-9,12,16H,5-7,10H2,1H3,(H,25,27)(H,26,28). The van der Waals surface area contributed by atoms with Gasteiger partial charge in [0.15, 0.2) is 6.61 Å². The predicted octanol–water partition coefficient (Wildman–Crippen LogP) is 2.42. The minimum Gasteiger partial charge on any atom is -0.484 e. The normalized spacial score (nSPS) is 24.5. The Morgan fingerprint density at radius 2 is 2.07 bits per heavy atom. The summed E-state index contributed by atoms with van der Waals surface area (Å²) in [4.78, 5) is 32.8. The number of nitrogens with zero attached hydrogens (tertiary/aromatic N) is 2. The first-order chi connectivity index (χ1) is 13.8. The van der Waals surface area contributed by atoms with Gasteiger partial charge in [-0.25, -0.2) is 9.37 Å². The van der Waals surface area contributed by atoms with Crippen LogP contribution in [0, 0.1) is 18.7 Å². The summed E-state index contributed by atoms with van der Waals surface area (Å²) in [5.74, 6) is -0.589. The molecule has 1 atom stereocenters. The van der Waals surface area contributed by atoms with E-state index in [0.29, 0.717) is 12.3 Å². The van der Waals surface area contributed by atoms with Gasteiger partial charge in [0, 0.05) is 23.8 Å². The summed E-state index contributed by atoms with van der Waals surface area (Å²) in [5.41, 5.74) is 0.715. The lowest BCUT2D eigenvalue weighted by atomic mass is 9.76. The average molecular weight is 419 g/mol. The molecule has 9 heteroatoms. The second kappa shape index (κ2) is 7.59. The molecule has 5 rings (SSSR count). The Hall–Kier alpha value is -2.74. The van der Waals surface area contributed by atoms with E-state index in [4.69, 9.17) is 16.3 Å². The third kappa shape index (κ3) is 4.17. The summed E-state index contributed by atoms with van der Waals surface area (Å²) >= 11 is 5.63. The molecule has 3 fully saturated rings. The highest BCUT2D eigenvalue weighted by atomic mass is 35.5. The fourth-order valence-electron chi connectivity index (χ4n) is 4.08. The molecule has 152 valence electrons. The Morgan fingerprint density at radius 3 is 2.76 bits per heavy atom. The zero-order valence-electron chi connectivity index (χ0n) is 15.7. The quantitative estimate of drug-likeness (QED) is 0.751. The van der Waals surface area contributed by atoms with Crippen molar-refractivity contribution in [2.75, 3.05) is 6.61 Å². The van der Waals surface area contributed by atoms with Crippen LogP contribution in [-0.4, -0.2) is 40.0 Å². The molecule has 1 aromatic carbocycles. The molecule has 2 bridgehead atoms. The van der Waals surface area contributed by atoms with Gasteiger partial charge in [-0.05, 0) is 44.2 Å². The second-order valence-corrected chi connectivity index (χ2v) is 8.10. The molecular weight excluding hydrogens is 399 g/mol. The number of rotatable bonds is 6. The number of ether oxygens (including phenoxy) is 1. The first-order valence-electron chi connectivity index (χ1n) is 9.32. The van der Waals surface area contributed by atoms with Gasteiger partial charge < -0.3 is 15.4 Å². The summed E-state index contributed by atoms with van der Waals surface area (Å²) in [6.07, 6.45) is 5.30. The van der Waals surface area contributed by atoms with Crippen molar-refractivity contribution in [1.82, 2.24) is 20.6 Å². The molecule has 3 aliphatic carbocycles. The first kappa shape index (κ1) is 19.6. The molecule has 1 aromatic heterocycles. The highest BCUT2D eigenvalue weighted by Crippen LogP contribution is 2.52. The molecule has 1 heterocycles. The van der Waals surface area contributed by atoms with E-state index >= 15 is 0 Å². The summed E-state index contributed by atoms with van der Waals surface area (Å²) in [6.45, 7) is 1.59. The Morgan fingerprint density at radius 1 is 1.28 bits per heavy atom. The largest absolute Gasteiger partial charge is 0.484 e. The van der Waals surface area contributed by atoms with Crippen LogP contribution in [0.5, 0.6) is 5.75 Å². The van der Waals surface area contributed by atoms with Gasteiger partial charge in [-0.2, -0.15) is 0 Å². The zero-order chi connectivity index (χ0) is 20.6. The number of benzene rings is 1. The molecule has 0 saturated heterocycles.